The molecule has 0 N–H and O–H groups in total. The van der Waals surface area contributed by atoms with Crippen LogP contribution in [-0.4, -0.2) is 43.9 Å². The summed E-state index contributed by atoms with van der Waals surface area (Å²) in [7, 11) is -3.47. The van der Waals surface area contributed by atoms with Crippen LogP contribution >= 0.6 is 0 Å². The molecule has 0 atom stereocenters. The average molecular weight is 329 g/mol. The highest BCUT2D eigenvalue weighted by atomic mass is 32.2. The number of carbonyl (C=O) groups is 1. The number of nitrogens with zero attached hydrogens (tertiary/aromatic N) is 1. The van der Waals surface area contributed by atoms with E-state index in [9.17, 15) is 17.6 Å². The summed E-state index contributed by atoms with van der Waals surface area (Å²) >= 11 is 0. The first-order chi connectivity index (χ1) is 10.1. The molecule has 0 saturated carbocycles. The molecule has 1 saturated heterocycles. The molecule has 1 aliphatic rings. The van der Waals surface area contributed by atoms with Crippen LogP contribution in [0.5, 0.6) is 0 Å². The van der Waals surface area contributed by atoms with Gasteiger partial charge in [-0.2, -0.15) is 0 Å². The Morgan fingerprint density at radius 3 is 2.32 bits per heavy atom. The number of hydrogen-bond acceptors (Lipinski definition) is 4. The number of hydrogen-bond donors (Lipinski definition) is 0. The van der Waals surface area contributed by atoms with Crippen LogP contribution in [0.4, 0.5) is 9.18 Å². The van der Waals surface area contributed by atoms with Gasteiger partial charge in [0.1, 0.15) is 11.4 Å². The maximum Gasteiger partial charge on any atom is 0.410 e. The molecule has 0 radical (unpaired) electrons. The number of ether oxygens (including phenoxy) is 1. The molecular weight excluding hydrogens is 309 g/mol. The van der Waals surface area contributed by atoms with Crippen molar-refractivity contribution in [1.82, 2.24) is 4.90 Å². The van der Waals surface area contributed by atoms with E-state index in [2.05, 4.69) is 0 Å². The maximum absolute atomic E-state index is 12.8. The lowest BCUT2D eigenvalue weighted by Crippen LogP contribution is -2.53. The van der Waals surface area contributed by atoms with E-state index in [4.69, 9.17) is 4.74 Å². The second-order valence-corrected chi connectivity index (χ2v) is 8.52. The van der Waals surface area contributed by atoms with E-state index in [1.807, 2.05) is 0 Å². The first-order valence-corrected chi connectivity index (χ1v) is 8.68. The van der Waals surface area contributed by atoms with Gasteiger partial charge in [0.2, 0.25) is 0 Å². The lowest BCUT2D eigenvalue weighted by molar-refractivity contribution is 0.00191. The first kappa shape index (κ1) is 16.7. The van der Waals surface area contributed by atoms with Gasteiger partial charge in [-0.25, -0.2) is 17.6 Å². The summed E-state index contributed by atoms with van der Waals surface area (Å²) in [5, 5.41) is 0. The highest BCUT2D eigenvalue weighted by Crippen LogP contribution is 2.23. The molecule has 0 aromatic heterocycles. The van der Waals surface area contributed by atoms with E-state index in [0.29, 0.717) is 13.1 Å². The summed E-state index contributed by atoms with van der Waals surface area (Å²) < 4.78 is 42.4. The second-order valence-electron chi connectivity index (χ2n) is 6.49. The Kier molecular flexibility index (Phi) is 4.47. The van der Waals surface area contributed by atoms with Gasteiger partial charge in [-0.05, 0) is 45.0 Å². The van der Waals surface area contributed by atoms with Gasteiger partial charge < -0.3 is 9.64 Å². The summed E-state index contributed by atoms with van der Waals surface area (Å²) in [6.07, 6.45) is -0.428. The minimum atomic E-state index is -3.47. The zero-order valence-corrected chi connectivity index (χ0v) is 13.7. The molecule has 1 aliphatic heterocycles. The lowest BCUT2D eigenvalue weighted by Gasteiger charge is -2.39. The van der Waals surface area contributed by atoms with Crippen LogP contribution in [0.25, 0.3) is 0 Å². The SMILES string of the molecule is CC(C)(C)OC(=O)N1CC(CS(=O)(=O)c2ccc(F)cc2)C1. The third-order valence-electron chi connectivity index (χ3n) is 3.24. The van der Waals surface area contributed by atoms with Crippen LogP contribution in [0.3, 0.4) is 0 Å². The predicted octanol–water partition coefficient (Wildman–Crippen LogP) is 2.47. The van der Waals surface area contributed by atoms with Crippen LogP contribution in [0.2, 0.25) is 0 Å². The molecule has 0 bridgehead atoms. The molecule has 0 spiro atoms. The number of sulfone groups is 1. The fraction of sp³-hybridized carbons (Fsp3) is 0.533. The normalized spacial score (nSPS) is 16.3. The molecule has 1 fully saturated rings. The summed E-state index contributed by atoms with van der Waals surface area (Å²) in [6, 6.07) is 4.77. The molecule has 7 heteroatoms. The van der Waals surface area contributed by atoms with Crippen LogP contribution < -0.4 is 0 Å². The Hall–Kier alpha value is -1.63. The zero-order valence-electron chi connectivity index (χ0n) is 12.9. The minimum absolute atomic E-state index is 0.0576. The lowest BCUT2D eigenvalue weighted by atomic mass is 10.0. The van der Waals surface area contributed by atoms with Crippen molar-refractivity contribution in [2.75, 3.05) is 18.8 Å². The van der Waals surface area contributed by atoms with Crippen LogP contribution in [0, 0.1) is 11.7 Å². The minimum Gasteiger partial charge on any atom is -0.444 e. The summed E-state index contributed by atoms with van der Waals surface area (Å²) in [6.45, 7) is 6.05. The zero-order chi connectivity index (χ0) is 16.5. The Labute approximate surface area is 130 Å². The fourth-order valence-corrected chi connectivity index (χ4v) is 3.77. The van der Waals surface area contributed by atoms with E-state index in [0.717, 1.165) is 12.1 Å². The van der Waals surface area contributed by atoms with Crippen LogP contribution in [0.1, 0.15) is 20.8 Å². The summed E-state index contributed by atoms with van der Waals surface area (Å²) in [5.74, 6) is -0.654. The monoisotopic (exact) mass is 329 g/mol. The Morgan fingerprint density at radius 2 is 1.82 bits per heavy atom. The van der Waals surface area contributed by atoms with Crippen molar-refractivity contribution < 1.29 is 22.3 Å². The van der Waals surface area contributed by atoms with Crippen molar-refractivity contribution in [2.24, 2.45) is 5.92 Å². The van der Waals surface area contributed by atoms with Crippen molar-refractivity contribution in [1.29, 1.82) is 0 Å². The second kappa shape index (κ2) is 5.87. The standard InChI is InChI=1S/C15H20FNO4S/c1-15(2,3)21-14(18)17-8-11(9-17)10-22(19,20)13-6-4-12(16)5-7-13/h4-7,11H,8-10H2,1-3H3. The highest BCUT2D eigenvalue weighted by Gasteiger charge is 2.36. The number of benzene rings is 1. The molecule has 122 valence electrons. The van der Waals surface area contributed by atoms with Crippen molar-refractivity contribution in [3.05, 3.63) is 30.1 Å². The topological polar surface area (TPSA) is 63.7 Å². The van der Waals surface area contributed by atoms with Gasteiger partial charge in [0, 0.05) is 19.0 Å². The summed E-state index contributed by atoms with van der Waals surface area (Å²) in [4.78, 5) is 13.4. The molecule has 0 aliphatic carbocycles. The smallest absolute Gasteiger partial charge is 0.410 e. The molecule has 0 unspecified atom stereocenters. The Bertz CT molecular complexity index is 643. The highest BCUT2D eigenvalue weighted by molar-refractivity contribution is 7.91. The van der Waals surface area contributed by atoms with E-state index in [1.54, 1.807) is 20.8 Å². The molecule has 22 heavy (non-hydrogen) atoms. The van der Waals surface area contributed by atoms with Gasteiger partial charge >= 0.3 is 6.09 Å². The quantitative estimate of drug-likeness (QED) is 0.799. The van der Waals surface area contributed by atoms with Crippen LogP contribution in [0.15, 0.2) is 29.2 Å². The number of halogens is 1. The van der Waals surface area contributed by atoms with Crippen molar-refractivity contribution in [2.45, 2.75) is 31.3 Å². The molecule has 2 rings (SSSR count). The molecule has 1 aromatic rings. The Morgan fingerprint density at radius 1 is 1.27 bits per heavy atom. The van der Waals surface area contributed by atoms with E-state index >= 15 is 0 Å². The van der Waals surface area contributed by atoms with E-state index in [1.165, 1.54) is 17.0 Å². The third-order valence-corrected chi connectivity index (χ3v) is 5.14. The average Bonchev–Trinajstić information content (AvgIpc) is 2.31. The number of likely N-dealkylation sites (tertiary alicyclic amines) is 1. The largest absolute Gasteiger partial charge is 0.444 e. The van der Waals surface area contributed by atoms with E-state index < -0.39 is 27.3 Å². The van der Waals surface area contributed by atoms with E-state index in [-0.39, 0.29) is 16.6 Å². The number of amides is 1. The van der Waals surface area contributed by atoms with Gasteiger partial charge in [0.05, 0.1) is 10.6 Å². The van der Waals surface area contributed by atoms with Crippen molar-refractivity contribution in [3.8, 4) is 0 Å². The molecule has 1 aromatic carbocycles. The first-order valence-electron chi connectivity index (χ1n) is 7.03. The van der Waals surface area contributed by atoms with Gasteiger partial charge in [-0.15, -0.1) is 0 Å². The van der Waals surface area contributed by atoms with Gasteiger partial charge in [0.25, 0.3) is 0 Å². The van der Waals surface area contributed by atoms with Crippen molar-refractivity contribution >= 4 is 15.9 Å². The third kappa shape index (κ3) is 4.19. The molecule has 5 nitrogen and oxygen atoms in total. The van der Waals surface area contributed by atoms with Crippen molar-refractivity contribution in [3.63, 3.8) is 0 Å². The Balaban J connectivity index is 1.89. The van der Waals surface area contributed by atoms with Gasteiger partial charge in [0.15, 0.2) is 9.84 Å². The fourth-order valence-electron chi connectivity index (χ4n) is 2.20. The molecular formula is C15H20FNO4S. The van der Waals surface area contributed by atoms with Gasteiger partial charge in [-0.3, -0.25) is 0 Å². The van der Waals surface area contributed by atoms with Crippen LogP contribution in [-0.2, 0) is 14.6 Å². The summed E-state index contributed by atoms with van der Waals surface area (Å²) in [5.41, 5.74) is -0.567. The number of carbonyl (C=O) groups excluding carboxylic acids is 1. The van der Waals surface area contributed by atoms with Gasteiger partial charge in [-0.1, -0.05) is 0 Å². The molecule has 1 amide bonds. The number of rotatable bonds is 3. The predicted molar refractivity (Wildman–Crippen MR) is 79.7 cm³/mol. The maximum atomic E-state index is 12.8. The molecule has 1 heterocycles.